The van der Waals surface area contributed by atoms with Crippen molar-refractivity contribution in [3.05, 3.63) is 53.1 Å². The Balaban J connectivity index is 1.58. The summed E-state index contributed by atoms with van der Waals surface area (Å²) in [5.74, 6) is 1.44. The molecule has 0 N–H and O–H groups in total. The molecule has 1 saturated heterocycles. The Labute approximate surface area is 147 Å². The van der Waals surface area contributed by atoms with Gasteiger partial charge in [-0.25, -0.2) is 4.98 Å². The van der Waals surface area contributed by atoms with Crippen molar-refractivity contribution in [1.29, 1.82) is 0 Å². The Bertz CT molecular complexity index is 850. The molecule has 3 aromatic rings. The second-order valence-electron chi connectivity index (χ2n) is 6.76. The van der Waals surface area contributed by atoms with E-state index in [9.17, 15) is 0 Å². The van der Waals surface area contributed by atoms with Crippen LogP contribution >= 0.6 is 11.6 Å². The van der Waals surface area contributed by atoms with Crippen LogP contribution in [-0.2, 0) is 6.54 Å². The highest BCUT2D eigenvalue weighted by molar-refractivity contribution is 6.33. The lowest BCUT2D eigenvalue weighted by Crippen LogP contribution is -2.32. The fourth-order valence-corrected chi connectivity index (χ4v) is 3.52. The van der Waals surface area contributed by atoms with Gasteiger partial charge in [0, 0.05) is 6.54 Å². The van der Waals surface area contributed by atoms with E-state index in [1.165, 1.54) is 31.5 Å². The number of rotatable bonds is 3. The van der Waals surface area contributed by atoms with Crippen LogP contribution < -0.4 is 0 Å². The van der Waals surface area contributed by atoms with Gasteiger partial charge in [-0.15, -0.1) is 0 Å². The third-order valence-corrected chi connectivity index (χ3v) is 5.17. The number of nitrogens with zero attached hydrogens (tertiary/aromatic N) is 2. The lowest BCUT2D eigenvalue weighted by Gasteiger charge is -2.30. The number of hydrogen-bond donors (Lipinski definition) is 0. The molecule has 1 aliphatic heterocycles. The molecule has 0 aliphatic carbocycles. The first-order valence-electron chi connectivity index (χ1n) is 8.56. The Morgan fingerprint density at radius 3 is 2.75 bits per heavy atom. The number of benzene rings is 2. The van der Waals surface area contributed by atoms with E-state index < -0.39 is 0 Å². The predicted octanol–water partition coefficient (Wildman–Crippen LogP) is 5.38. The third kappa shape index (κ3) is 3.19. The van der Waals surface area contributed by atoms with Gasteiger partial charge in [0.15, 0.2) is 5.58 Å². The zero-order valence-electron chi connectivity index (χ0n) is 13.8. The second kappa shape index (κ2) is 6.58. The van der Waals surface area contributed by atoms with Gasteiger partial charge >= 0.3 is 0 Å². The van der Waals surface area contributed by atoms with Gasteiger partial charge in [-0.3, -0.25) is 4.90 Å². The van der Waals surface area contributed by atoms with E-state index in [2.05, 4.69) is 28.9 Å². The summed E-state index contributed by atoms with van der Waals surface area (Å²) in [6.07, 6.45) is 2.59. The molecule has 3 nitrogen and oxygen atoms in total. The van der Waals surface area contributed by atoms with Gasteiger partial charge in [0.2, 0.25) is 5.89 Å². The topological polar surface area (TPSA) is 29.3 Å². The van der Waals surface area contributed by atoms with E-state index >= 15 is 0 Å². The van der Waals surface area contributed by atoms with Crippen molar-refractivity contribution < 1.29 is 4.42 Å². The average Bonchev–Trinajstić information content (AvgIpc) is 3.00. The normalized spacial score (nSPS) is 16.8. The molecule has 2 aromatic carbocycles. The summed E-state index contributed by atoms with van der Waals surface area (Å²) in [4.78, 5) is 7.16. The van der Waals surface area contributed by atoms with E-state index in [0.717, 1.165) is 29.1 Å². The van der Waals surface area contributed by atoms with Crippen LogP contribution in [0.25, 0.3) is 22.6 Å². The third-order valence-electron chi connectivity index (χ3n) is 4.84. The van der Waals surface area contributed by atoms with Crippen molar-refractivity contribution in [2.45, 2.75) is 26.3 Å². The van der Waals surface area contributed by atoms with Gasteiger partial charge in [0.25, 0.3) is 0 Å². The van der Waals surface area contributed by atoms with Crippen molar-refractivity contribution in [3.63, 3.8) is 0 Å². The standard InChI is InChI=1S/C20H21ClN2O/c1-14-8-10-23(11-9-14)13-15-6-7-19-18(12-15)22-20(24-19)16-4-2-3-5-17(16)21/h2-7,12,14H,8-11,13H2,1H3. The monoisotopic (exact) mass is 340 g/mol. The minimum atomic E-state index is 0.583. The molecule has 0 spiro atoms. The van der Waals surface area contributed by atoms with Crippen molar-refractivity contribution in [3.8, 4) is 11.5 Å². The van der Waals surface area contributed by atoms with Gasteiger partial charge in [0.05, 0.1) is 10.6 Å². The fraction of sp³-hybridized carbons (Fsp3) is 0.350. The van der Waals surface area contributed by atoms with Gasteiger partial charge in [-0.05, 0) is 61.7 Å². The number of fused-ring (bicyclic) bond motifs is 1. The van der Waals surface area contributed by atoms with Crippen LogP contribution in [0.4, 0.5) is 0 Å². The Kier molecular flexibility index (Phi) is 4.30. The van der Waals surface area contributed by atoms with Crippen molar-refractivity contribution in [1.82, 2.24) is 9.88 Å². The van der Waals surface area contributed by atoms with Gasteiger partial charge < -0.3 is 4.42 Å². The van der Waals surface area contributed by atoms with Crippen molar-refractivity contribution >= 4 is 22.7 Å². The Morgan fingerprint density at radius 1 is 1.17 bits per heavy atom. The molecule has 2 heterocycles. The molecule has 0 bridgehead atoms. The zero-order chi connectivity index (χ0) is 16.5. The first kappa shape index (κ1) is 15.7. The molecule has 24 heavy (non-hydrogen) atoms. The summed E-state index contributed by atoms with van der Waals surface area (Å²) in [6.45, 7) is 5.69. The first-order valence-corrected chi connectivity index (χ1v) is 8.93. The minimum Gasteiger partial charge on any atom is -0.436 e. The molecular weight excluding hydrogens is 320 g/mol. The van der Waals surface area contributed by atoms with E-state index in [1.54, 1.807) is 0 Å². The van der Waals surface area contributed by atoms with Gasteiger partial charge in [-0.2, -0.15) is 0 Å². The highest BCUT2D eigenvalue weighted by Gasteiger charge is 2.16. The largest absolute Gasteiger partial charge is 0.436 e. The van der Waals surface area contributed by atoms with E-state index in [-0.39, 0.29) is 0 Å². The van der Waals surface area contributed by atoms with Crippen LogP contribution in [-0.4, -0.2) is 23.0 Å². The lowest BCUT2D eigenvalue weighted by molar-refractivity contribution is 0.185. The maximum Gasteiger partial charge on any atom is 0.228 e. The van der Waals surface area contributed by atoms with E-state index in [4.69, 9.17) is 16.0 Å². The van der Waals surface area contributed by atoms with Crippen LogP contribution in [0.1, 0.15) is 25.3 Å². The fourth-order valence-electron chi connectivity index (χ4n) is 3.30. The zero-order valence-corrected chi connectivity index (χ0v) is 14.6. The van der Waals surface area contributed by atoms with Crippen LogP contribution in [0.15, 0.2) is 46.9 Å². The lowest BCUT2D eigenvalue weighted by atomic mass is 9.99. The Morgan fingerprint density at radius 2 is 1.96 bits per heavy atom. The number of halogens is 1. The van der Waals surface area contributed by atoms with E-state index in [1.807, 2.05) is 30.3 Å². The number of hydrogen-bond acceptors (Lipinski definition) is 3. The molecule has 1 aromatic heterocycles. The number of likely N-dealkylation sites (tertiary alicyclic amines) is 1. The summed E-state index contributed by atoms with van der Waals surface area (Å²) in [5.41, 5.74) is 3.83. The van der Waals surface area contributed by atoms with Gasteiger partial charge in [-0.1, -0.05) is 36.7 Å². The molecule has 4 rings (SSSR count). The molecule has 4 heteroatoms. The number of aromatic nitrogens is 1. The molecule has 124 valence electrons. The maximum atomic E-state index is 6.25. The van der Waals surface area contributed by atoms with Crippen LogP contribution in [0, 0.1) is 5.92 Å². The maximum absolute atomic E-state index is 6.25. The summed E-state index contributed by atoms with van der Waals surface area (Å²) < 4.78 is 5.88. The molecule has 0 amide bonds. The molecule has 0 atom stereocenters. The molecule has 0 unspecified atom stereocenters. The van der Waals surface area contributed by atoms with Crippen LogP contribution in [0.3, 0.4) is 0 Å². The molecule has 0 saturated carbocycles. The first-order chi connectivity index (χ1) is 11.7. The van der Waals surface area contributed by atoms with Crippen molar-refractivity contribution in [2.75, 3.05) is 13.1 Å². The predicted molar refractivity (Wildman–Crippen MR) is 98.1 cm³/mol. The summed E-state index contributed by atoms with van der Waals surface area (Å²) in [5, 5.41) is 0.659. The minimum absolute atomic E-state index is 0.583. The Hall–Kier alpha value is -1.84. The highest BCUT2D eigenvalue weighted by Crippen LogP contribution is 2.30. The van der Waals surface area contributed by atoms with Crippen LogP contribution in [0.5, 0.6) is 0 Å². The molecule has 0 radical (unpaired) electrons. The SMILES string of the molecule is CC1CCN(Cc2ccc3oc(-c4ccccc4Cl)nc3c2)CC1. The summed E-state index contributed by atoms with van der Waals surface area (Å²) in [7, 11) is 0. The van der Waals surface area contributed by atoms with E-state index in [0.29, 0.717) is 10.9 Å². The van der Waals surface area contributed by atoms with Gasteiger partial charge in [0.1, 0.15) is 5.52 Å². The molecule has 1 aliphatic rings. The quantitative estimate of drug-likeness (QED) is 0.641. The summed E-state index contributed by atoms with van der Waals surface area (Å²) in [6, 6.07) is 13.9. The highest BCUT2D eigenvalue weighted by atomic mass is 35.5. The van der Waals surface area contributed by atoms with Crippen molar-refractivity contribution in [2.24, 2.45) is 5.92 Å². The second-order valence-corrected chi connectivity index (χ2v) is 7.17. The smallest absolute Gasteiger partial charge is 0.228 e. The van der Waals surface area contributed by atoms with Crippen LogP contribution in [0.2, 0.25) is 5.02 Å². The average molecular weight is 341 g/mol. The molecule has 1 fully saturated rings. The number of piperidine rings is 1. The summed E-state index contributed by atoms with van der Waals surface area (Å²) >= 11 is 6.25. The number of oxazole rings is 1. The molecular formula is C20H21ClN2O.